The SMILES string of the molecule is CC1CCC(C)(NC(=O)NC(C)CCCO)CC1. The van der Waals surface area contributed by atoms with Gasteiger partial charge in [0.25, 0.3) is 0 Å². The Morgan fingerprint density at radius 3 is 2.61 bits per heavy atom. The van der Waals surface area contributed by atoms with Gasteiger partial charge in [-0.05, 0) is 58.3 Å². The minimum Gasteiger partial charge on any atom is -0.396 e. The van der Waals surface area contributed by atoms with Crippen molar-refractivity contribution in [2.45, 2.75) is 70.9 Å². The van der Waals surface area contributed by atoms with Crippen LogP contribution in [0.2, 0.25) is 0 Å². The van der Waals surface area contributed by atoms with E-state index < -0.39 is 0 Å². The Labute approximate surface area is 111 Å². The molecule has 106 valence electrons. The summed E-state index contributed by atoms with van der Waals surface area (Å²) in [6.07, 6.45) is 6.06. The van der Waals surface area contributed by atoms with E-state index in [0.717, 1.165) is 31.6 Å². The number of rotatable bonds is 5. The number of carbonyl (C=O) groups excluding carboxylic acids is 1. The van der Waals surface area contributed by atoms with Gasteiger partial charge in [-0.3, -0.25) is 0 Å². The average molecular weight is 256 g/mol. The molecule has 2 amide bonds. The van der Waals surface area contributed by atoms with Crippen LogP contribution < -0.4 is 10.6 Å². The molecule has 3 N–H and O–H groups in total. The minimum absolute atomic E-state index is 0.0483. The van der Waals surface area contributed by atoms with Crippen molar-refractivity contribution in [2.75, 3.05) is 6.61 Å². The highest BCUT2D eigenvalue weighted by Gasteiger charge is 2.31. The van der Waals surface area contributed by atoms with Crippen molar-refractivity contribution in [1.82, 2.24) is 10.6 Å². The van der Waals surface area contributed by atoms with Crippen LogP contribution >= 0.6 is 0 Å². The summed E-state index contributed by atoms with van der Waals surface area (Å²) in [5.74, 6) is 0.784. The average Bonchev–Trinajstić information content (AvgIpc) is 2.30. The van der Waals surface area contributed by atoms with Crippen molar-refractivity contribution in [3.8, 4) is 0 Å². The van der Waals surface area contributed by atoms with E-state index in [-0.39, 0.29) is 24.2 Å². The molecule has 1 atom stereocenters. The van der Waals surface area contributed by atoms with Crippen LogP contribution in [0, 0.1) is 5.92 Å². The maximum absolute atomic E-state index is 11.9. The zero-order valence-electron chi connectivity index (χ0n) is 12.0. The largest absolute Gasteiger partial charge is 0.396 e. The Hall–Kier alpha value is -0.770. The molecule has 0 radical (unpaired) electrons. The van der Waals surface area contributed by atoms with E-state index in [0.29, 0.717) is 0 Å². The number of aliphatic hydroxyl groups is 1. The predicted octanol–water partition coefficient (Wildman–Crippen LogP) is 2.42. The van der Waals surface area contributed by atoms with Crippen molar-refractivity contribution in [2.24, 2.45) is 5.92 Å². The number of aliphatic hydroxyl groups excluding tert-OH is 1. The maximum atomic E-state index is 11.9. The van der Waals surface area contributed by atoms with E-state index in [1.54, 1.807) is 0 Å². The molecular formula is C14H28N2O2. The lowest BCUT2D eigenvalue weighted by Gasteiger charge is -2.37. The second-order valence-corrected chi connectivity index (χ2v) is 6.11. The molecule has 4 nitrogen and oxygen atoms in total. The van der Waals surface area contributed by atoms with Crippen LogP contribution in [0.3, 0.4) is 0 Å². The molecule has 0 aromatic heterocycles. The van der Waals surface area contributed by atoms with E-state index >= 15 is 0 Å². The van der Waals surface area contributed by atoms with Gasteiger partial charge in [-0.2, -0.15) is 0 Å². The van der Waals surface area contributed by atoms with Gasteiger partial charge in [0.05, 0.1) is 0 Å². The second kappa shape index (κ2) is 6.98. The lowest BCUT2D eigenvalue weighted by molar-refractivity contribution is 0.193. The van der Waals surface area contributed by atoms with Crippen LogP contribution in [-0.4, -0.2) is 29.3 Å². The Bertz CT molecular complexity index is 261. The Balaban J connectivity index is 2.30. The molecule has 0 aromatic carbocycles. The van der Waals surface area contributed by atoms with Crippen molar-refractivity contribution in [3.05, 3.63) is 0 Å². The summed E-state index contributed by atoms with van der Waals surface area (Å²) in [5.41, 5.74) is -0.0483. The van der Waals surface area contributed by atoms with Gasteiger partial charge in [0.2, 0.25) is 0 Å². The molecule has 0 aromatic rings. The van der Waals surface area contributed by atoms with Gasteiger partial charge in [0, 0.05) is 18.2 Å². The van der Waals surface area contributed by atoms with Crippen molar-refractivity contribution in [1.29, 1.82) is 0 Å². The monoisotopic (exact) mass is 256 g/mol. The molecule has 4 heteroatoms. The molecule has 18 heavy (non-hydrogen) atoms. The third-order valence-electron chi connectivity index (χ3n) is 3.97. The summed E-state index contributed by atoms with van der Waals surface area (Å²) < 4.78 is 0. The summed E-state index contributed by atoms with van der Waals surface area (Å²) in [5, 5.41) is 14.8. The minimum atomic E-state index is -0.0718. The van der Waals surface area contributed by atoms with Crippen LogP contribution in [0.15, 0.2) is 0 Å². The van der Waals surface area contributed by atoms with Crippen LogP contribution in [0.25, 0.3) is 0 Å². The van der Waals surface area contributed by atoms with E-state index in [4.69, 9.17) is 5.11 Å². The first kappa shape index (κ1) is 15.3. The number of carbonyl (C=O) groups is 1. The zero-order valence-corrected chi connectivity index (χ0v) is 12.0. The maximum Gasteiger partial charge on any atom is 0.315 e. The second-order valence-electron chi connectivity index (χ2n) is 6.11. The predicted molar refractivity (Wildman–Crippen MR) is 73.5 cm³/mol. The highest BCUT2D eigenvalue weighted by Crippen LogP contribution is 2.31. The molecule has 1 aliphatic rings. The van der Waals surface area contributed by atoms with Crippen LogP contribution in [-0.2, 0) is 0 Å². The lowest BCUT2D eigenvalue weighted by Crippen LogP contribution is -2.53. The summed E-state index contributed by atoms with van der Waals surface area (Å²) in [6, 6.07) is 0.0424. The molecule has 1 fully saturated rings. The Morgan fingerprint density at radius 2 is 2.06 bits per heavy atom. The number of urea groups is 1. The van der Waals surface area contributed by atoms with E-state index in [1.165, 1.54) is 12.8 Å². The smallest absolute Gasteiger partial charge is 0.315 e. The molecule has 1 unspecified atom stereocenters. The van der Waals surface area contributed by atoms with Gasteiger partial charge in [0.1, 0.15) is 0 Å². The topological polar surface area (TPSA) is 61.4 Å². The van der Waals surface area contributed by atoms with Crippen molar-refractivity contribution < 1.29 is 9.90 Å². The van der Waals surface area contributed by atoms with Crippen molar-refractivity contribution >= 4 is 6.03 Å². The fourth-order valence-corrected chi connectivity index (χ4v) is 2.53. The first-order valence-electron chi connectivity index (χ1n) is 7.15. The highest BCUT2D eigenvalue weighted by molar-refractivity contribution is 5.75. The molecule has 0 aliphatic heterocycles. The quantitative estimate of drug-likeness (QED) is 0.707. The Kier molecular flexibility index (Phi) is 5.93. The molecule has 1 rings (SSSR count). The number of hydrogen-bond donors (Lipinski definition) is 3. The summed E-state index contributed by atoms with van der Waals surface area (Å²) in [6.45, 7) is 6.57. The zero-order chi connectivity index (χ0) is 13.6. The van der Waals surface area contributed by atoms with Crippen molar-refractivity contribution in [3.63, 3.8) is 0 Å². The third-order valence-corrected chi connectivity index (χ3v) is 3.97. The lowest BCUT2D eigenvalue weighted by atomic mass is 9.78. The molecule has 0 bridgehead atoms. The van der Waals surface area contributed by atoms with Gasteiger partial charge in [-0.1, -0.05) is 6.92 Å². The molecule has 0 heterocycles. The molecular weight excluding hydrogens is 228 g/mol. The number of nitrogens with one attached hydrogen (secondary N) is 2. The fraction of sp³-hybridized carbons (Fsp3) is 0.929. The van der Waals surface area contributed by atoms with E-state index in [2.05, 4.69) is 24.5 Å². The van der Waals surface area contributed by atoms with Crippen LogP contribution in [0.1, 0.15) is 59.3 Å². The van der Waals surface area contributed by atoms with Gasteiger partial charge in [0.15, 0.2) is 0 Å². The van der Waals surface area contributed by atoms with Gasteiger partial charge in [-0.25, -0.2) is 4.79 Å². The van der Waals surface area contributed by atoms with Gasteiger partial charge >= 0.3 is 6.03 Å². The van der Waals surface area contributed by atoms with Gasteiger partial charge in [-0.15, -0.1) is 0 Å². The summed E-state index contributed by atoms with van der Waals surface area (Å²) >= 11 is 0. The molecule has 0 spiro atoms. The fourth-order valence-electron chi connectivity index (χ4n) is 2.53. The molecule has 0 saturated heterocycles. The van der Waals surface area contributed by atoms with E-state index in [9.17, 15) is 4.79 Å². The van der Waals surface area contributed by atoms with Gasteiger partial charge < -0.3 is 15.7 Å². The molecule has 1 aliphatic carbocycles. The standard InChI is InChI=1S/C14H28N2O2/c1-11-6-8-14(3,9-7-11)16-13(18)15-12(2)5-4-10-17/h11-12,17H,4-10H2,1-3H3,(H2,15,16,18). The summed E-state index contributed by atoms with van der Waals surface area (Å²) in [4.78, 5) is 11.9. The Morgan fingerprint density at radius 1 is 1.44 bits per heavy atom. The first-order chi connectivity index (χ1) is 8.45. The number of hydrogen-bond acceptors (Lipinski definition) is 2. The molecule has 1 saturated carbocycles. The number of amides is 2. The highest BCUT2D eigenvalue weighted by atomic mass is 16.3. The van der Waals surface area contributed by atoms with Crippen LogP contribution in [0.4, 0.5) is 4.79 Å². The summed E-state index contributed by atoms with van der Waals surface area (Å²) in [7, 11) is 0. The first-order valence-corrected chi connectivity index (χ1v) is 7.15. The van der Waals surface area contributed by atoms with E-state index in [1.807, 2.05) is 6.92 Å². The van der Waals surface area contributed by atoms with Crippen LogP contribution in [0.5, 0.6) is 0 Å². The normalized spacial score (nSPS) is 29.7. The third kappa shape index (κ3) is 5.25.